The van der Waals surface area contributed by atoms with Gasteiger partial charge in [0.15, 0.2) is 0 Å². The Labute approximate surface area is 153 Å². The minimum Gasteiger partial charge on any atom is -0.478 e. The van der Waals surface area contributed by atoms with Crippen LogP contribution in [-0.2, 0) is 9.36 Å². The van der Waals surface area contributed by atoms with E-state index in [1.165, 1.54) is 38.5 Å². The molecule has 0 bridgehead atoms. The number of hydrogen-bond donors (Lipinski definition) is 2. The Hall–Kier alpha value is -0.600. The zero-order chi connectivity index (χ0) is 18.5. The van der Waals surface area contributed by atoms with Crippen molar-refractivity contribution >= 4 is 13.3 Å². The molecule has 0 saturated heterocycles. The first-order valence-corrected chi connectivity index (χ1v) is 12.2. The van der Waals surface area contributed by atoms with Gasteiger partial charge in [0, 0.05) is 11.7 Å². The van der Waals surface area contributed by atoms with Gasteiger partial charge in [0.05, 0.1) is 6.16 Å². The maximum Gasteiger partial charge on any atom is 0.331 e. The molecule has 1 fully saturated rings. The topological polar surface area (TPSA) is 74.6 Å². The van der Waals surface area contributed by atoms with Crippen molar-refractivity contribution in [3.8, 4) is 0 Å². The molecule has 1 aliphatic carbocycles. The third-order valence-corrected chi connectivity index (χ3v) is 6.99. The molecule has 146 valence electrons. The number of hydrogen-bond acceptors (Lipinski definition) is 2. The highest BCUT2D eigenvalue weighted by Gasteiger charge is 2.24. The van der Waals surface area contributed by atoms with Crippen LogP contribution in [0.25, 0.3) is 0 Å². The second-order valence-corrected chi connectivity index (χ2v) is 10.1. The van der Waals surface area contributed by atoms with Gasteiger partial charge in [-0.3, -0.25) is 4.57 Å². The van der Waals surface area contributed by atoms with Crippen LogP contribution in [0.5, 0.6) is 0 Å². The van der Waals surface area contributed by atoms with Crippen LogP contribution in [0.15, 0.2) is 11.6 Å². The van der Waals surface area contributed by atoms with Crippen LogP contribution in [0.2, 0.25) is 0 Å². The fourth-order valence-electron chi connectivity index (χ4n) is 3.61. The summed E-state index contributed by atoms with van der Waals surface area (Å²) in [6.45, 7) is 2.20. The van der Waals surface area contributed by atoms with Crippen molar-refractivity contribution in [3.05, 3.63) is 11.6 Å². The molecular weight excluding hydrogens is 335 g/mol. The van der Waals surface area contributed by atoms with Crippen LogP contribution >= 0.6 is 7.37 Å². The van der Waals surface area contributed by atoms with E-state index in [4.69, 9.17) is 0 Å². The quantitative estimate of drug-likeness (QED) is 0.237. The third-order valence-electron chi connectivity index (χ3n) is 5.14. The highest BCUT2D eigenvalue weighted by Crippen LogP contribution is 2.44. The number of rotatable bonds is 13. The smallest absolute Gasteiger partial charge is 0.331 e. The fourth-order valence-corrected chi connectivity index (χ4v) is 5.26. The van der Waals surface area contributed by atoms with Crippen molar-refractivity contribution in [2.24, 2.45) is 5.92 Å². The highest BCUT2D eigenvalue weighted by atomic mass is 31.2. The lowest BCUT2D eigenvalue weighted by Gasteiger charge is -2.19. The standard InChI is InChI=1S/C20H37O4P/c1-2-3-4-5-6-7-8-12-15-25(23,24)17-19(20(21)22)16-18-13-10-9-11-14-18/h16,18H,2-15,17H2,1H3,(H,21,22)(H,23,24). The van der Waals surface area contributed by atoms with Gasteiger partial charge in [-0.1, -0.05) is 77.2 Å². The van der Waals surface area contributed by atoms with Crippen molar-refractivity contribution in [2.45, 2.75) is 90.4 Å². The van der Waals surface area contributed by atoms with Crippen LogP contribution in [0.4, 0.5) is 0 Å². The van der Waals surface area contributed by atoms with Crippen LogP contribution in [0, 0.1) is 5.92 Å². The van der Waals surface area contributed by atoms with Crippen molar-refractivity contribution in [1.29, 1.82) is 0 Å². The van der Waals surface area contributed by atoms with Gasteiger partial charge < -0.3 is 10.00 Å². The Morgan fingerprint density at radius 3 is 2.12 bits per heavy atom. The fraction of sp³-hybridized carbons (Fsp3) is 0.850. The van der Waals surface area contributed by atoms with Gasteiger partial charge in [-0.2, -0.15) is 0 Å². The van der Waals surface area contributed by atoms with Gasteiger partial charge in [0.2, 0.25) is 7.37 Å². The summed E-state index contributed by atoms with van der Waals surface area (Å²) in [5.41, 5.74) is 0.150. The zero-order valence-electron chi connectivity index (χ0n) is 15.9. The summed E-state index contributed by atoms with van der Waals surface area (Å²) in [7, 11) is -3.39. The molecule has 0 radical (unpaired) electrons. The van der Waals surface area contributed by atoms with Gasteiger partial charge >= 0.3 is 5.97 Å². The van der Waals surface area contributed by atoms with E-state index in [0.29, 0.717) is 0 Å². The van der Waals surface area contributed by atoms with Crippen LogP contribution in [0.1, 0.15) is 90.4 Å². The van der Waals surface area contributed by atoms with Gasteiger partial charge in [-0.25, -0.2) is 4.79 Å². The van der Waals surface area contributed by atoms with Crippen molar-refractivity contribution < 1.29 is 19.4 Å². The van der Waals surface area contributed by atoms with Crippen LogP contribution < -0.4 is 0 Å². The molecule has 0 spiro atoms. The molecule has 4 nitrogen and oxygen atoms in total. The maximum atomic E-state index is 12.4. The van der Waals surface area contributed by atoms with E-state index in [1.807, 2.05) is 0 Å². The van der Waals surface area contributed by atoms with E-state index in [9.17, 15) is 19.4 Å². The lowest BCUT2D eigenvalue weighted by atomic mass is 9.88. The number of unbranched alkanes of at least 4 members (excludes halogenated alkanes) is 7. The maximum absolute atomic E-state index is 12.4. The van der Waals surface area contributed by atoms with E-state index in [0.717, 1.165) is 44.9 Å². The summed E-state index contributed by atoms with van der Waals surface area (Å²) in [6.07, 6.45) is 16.4. The number of carboxylic acid groups (broad SMARTS) is 1. The molecule has 0 aliphatic heterocycles. The van der Waals surface area contributed by atoms with Gasteiger partial charge in [-0.05, 0) is 25.2 Å². The zero-order valence-corrected chi connectivity index (χ0v) is 16.8. The Morgan fingerprint density at radius 2 is 1.56 bits per heavy atom. The summed E-state index contributed by atoms with van der Waals surface area (Å²) in [5.74, 6) is -0.765. The molecule has 0 aromatic heterocycles. The molecule has 1 aliphatic rings. The van der Waals surface area contributed by atoms with Gasteiger partial charge in [-0.15, -0.1) is 0 Å². The molecule has 1 atom stereocenters. The summed E-state index contributed by atoms with van der Waals surface area (Å²) in [5, 5.41) is 9.38. The lowest BCUT2D eigenvalue weighted by Crippen LogP contribution is -2.12. The van der Waals surface area contributed by atoms with E-state index in [1.54, 1.807) is 6.08 Å². The average molecular weight is 372 g/mol. The molecule has 2 N–H and O–H groups in total. The molecule has 1 rings (SSSR count). The SMILES string of the molecule is CCCCCCCCCCP(=O)(O)CC(=CC1CCCCC1)C(=O)O. The monoisotopic (exact) mass is 372 g/mol. The minimum atomic E-state index is -3.39. The van der Waals surface area contributed by atoms with E-state index in [2.05, 4.69) is 6.92 Å². The molecule has 0 amide bonds. The first-order chi connectivity index (χ1) is 11.9. The van der Waals surface area contributed by atoms with E-state index >= 15 is 0 Å². The number of carboxylic acids is 1. The van der Waals surface area contributed by atoms with Crippen molar-refractivity contribution in [2.75, 3.05) is 12.3 Å². The second-order valence-electron chi connectivity index (χ2n) is 7.60. The highest BCUT2D eigenvalue weighted by molar-refractivity contribution is 7.58. The number of carbonyl (C=O) groups is 1. The summed E-state index contributed by atoms with van der Waals surface area (Å²) >= 11 is 0. The Balaban J connectivity index is 2.33. The van der Waals surface area contributed by atoms with E-state index in [-0.39, 0.29) is 23.8 Å². The number of aliphatic carboxylic acids is 1. The molecule has 1 unspecified atom stereocenters. The first-order valence-electron chi connectivity index (χ1n) is 10.2. The molecular formula is C20H37O4P. The minimum absolute atomic E-state index is 0.150. The Bertz CT molecular complexity index is 453. The van der Waals surface area contributed by atoms with Gasteiger partial charge in [0.1, 0.15) is 0 Å². The van der Waals surface area contributed by atoms with Crippen molar-refractivity contribution in [1.82, 2.24) is 0 Å². The van der Waals surface area contributed by atoms with Gasteiger partial charge in [0.25, 0.3) is 0 Å². The molecule has 0 heterocycles. The molecule has 1 saturated carbocycles. The Morgan fingerprint density at radius 1 is 1.00 bits per heavy atom. The largest absolute Gasteiger partial charge is 0.478 e. The van der Waals surface area contributed by atoms with Crippen LogP contribution in [-0.4, -0.2) is 28.3 Å². The van der Waals surface area contributed by atoms with E-state index < -0.39 is 13.3 Å². The Kier molecular flexibility index (Phi) is 11.4. The number of allylic oxidation sites excluding steroid dienone is 1. The average Bonchev–Trinajstić information content (AvgIpc) is 2.57. The molecule has 5 heteroatoms. The predicted octanol–water partition coefficient (Wildman–Crippen LogP) is 5.99. The molecule has 25 heavy (non-hydrogen) atoms. The summed E-state index contributed by atoms with van der Waals surface area (Å²) < 4.78 is 12.4. The lowest BCUT2D eigenvalue weighted by molar-refractivity contribution is -0.132. The molecule has 0 aromatic carbocycles. The second kappa shape index (κ2) is 12.7. The summed E-state index contributed by atoms with van der Waals surface area (Å²) in [6, 6.07) is 0. The van der Waals surface area contributed by atoms with Crippen LogP contribution in [0.3, 0.4) is 0 Å². The first kappa shape index (κ1) is 22.4. The molecule has 0 aromatic rings. The third kappa shape index (κ3) is 10.9. The van der Waals surface area contributed by atoms with Crippen molar-refractivity contribution in [3.63, 3.8) is 0 Å². The summed E-state index contributed by atoms with van der Waals surface area (Å²) in [4.78, 5) is 21.6. The normalized spacial score (nSPS) is 18.9. The predicted molar refractivity (Wildman–Crippen MR) is 104 cm³/mol.